The van der Waals surface area contributed by atoms with E-state index in [9.17, 15) is 4.79 Å². The molecule has 0 radical (unpaired) electrons. The Bertz CT molecular complexity index is 803. The molecule has 0 bridgehead atoms. The fourth-order valence-corrected chi connectivity index (χ4v) is 2.34. The van der Waals surface area contributed by atoms with Crippen molar-refractivity contribution in [3.63, 3.8) is 0 Å². The highest BCUT2D eigenvalue weighted by atomic mass is 16.5. The molecule has 0 unspecified atom stereocenters. The minimum absolute atomic E-state index is 0.0494. The minimum Gasteiger partial charge on any atom is -0.494 e. The molecule has 0 spiro atoms. The Hall–Kier alpha value is -3.22. The van der Waals surface area contributed by atoms with E-state index in [4.69, 9.17) is 4.74 Å². The zero-order valence-corrected chi connectivity index (χ0v) is 13.2. The summed E-state index contributed by atoms with van der Waals surface area (Å²) in [4.78, 5) is 12.1. The summed E-state index contributed by atoms with van der Waals surface area (Å²) in [6.07, 6.45) is 2.58. The second-order valence-electron chi connectivity index (χ2n) is 5.17. The highest BCUT2D eigenvalue weighted by molar-refractivity contribution is 5.91. The van der Waals surface area contributed by atoms with Crippen molar-refractivity contribution in [3.8, 4) is 11.4 Å². The number of ether oxygens (including phenoxy) is 1. The number of rotatable bonds is 6. The Morgan fingerprint density at radius 1 is 1.21 bits per heavy atom. The van der Waals surface area contributed by atoms with E-state index in [2.05, 4.69) is 20.8 Å². The number of hydrogen-bond acceptors (Lipinski definition) is 5. The molecule has 1 amide bonds. The number of aryl methyl sites for hydroxylation is 1. The number of carbonyl (C=O) groups excluding carboxylic acids is 1. The molecule has 0 aliphatic carbocycles. The first-order valence-electron chi connectivity index (χ1n) is 7.51. The molecule has 122 valence electrons. The lowest BCUT2D eigenvalue weighted by Gasteiger charge is -2.11. The van der Waals surface area contributed by atoms with Crippen LogP contribution in [0.4, 0.5) is 5.69 Å². The van der Waals surface area contributed by atoms with Crippen molar-refractivity contribution in [3.05, 3.63) is 60.4 Å². The third kappa shape index (κ3) is 3.75. The van der Waals surface area contributed by atoms with E-state index >= 15 is 0 Å². The number of nitrogens with one attached hydrogen (secondary N) is 1. The van der Waals surface area contributed by atoms with Crippen LogP contribution in [0.5, 0.6) is 5.75 Å². The molecule has 3 aromatic rings. The molecule has 1 heterocycles. The second-order valence-corrected chi connectivity index (χ2v) is 5.17. The number of anilines is 1. The largest absolute Gasteiger partial charge is 0.494 e. The zero-order valence-electron chi connectivity index (χ0n) is 13.2. The van der Waals surface area contributed by atoms with E-state index < -0.39 is 0 Å². The van der Waals surface area contributed by atoms with Crippen molar-refractivity contribution in [1.82, 2.24) is 20.2 Å². The molecule has 3 rings (SSSR count). The van der Waals surface area contributed by atoms with Gasteiger partial charge in [-0.3, -0.25) is 4.79 Å². The fraction of sp³-hybridized carbons (Fsp3) is 0.176. The van der Waals surface area contributed by atoms with Gasteiger partial charge < -0.3 is 10.1 Å². The van der Waals surface area contributed by atoms with Crippen molar-refractivity contribution in [2.24, 2.45) is 0 Å². The highest BCUT2D eigenvalue weighted by Gasteiger charge is 2.10. The summed E-state index contributed by atoms with van der Waals surface area (Å²) in [6.45, 7) is 0. The number of carbonyl (C=O) groups is 1. The summed E-state index contributed by atoms with van der Waals surface area (Å²) in [5.41, 5.74) is 2.46. The molecular weight excluding hydrogens is 306 g/mol. The summed E-state index contributed by atoms with van der Waals surface area (Å²) in [5.74, 6) is 0.566. The van der Waals surface area contributed by atoms with Crippen LogP contribution in [-0.4, -0.2) is 33.2 Å². The van der Waals surface area contributed by atoms with Crippen molar-refractivity contribution < 1.29 is 9.53 Å². The van der Waals surface area contributed by atoms with Gasteiger partial charge in [0.15, 0.2) is 0 Å². The standard InChI is InChI=1S/C17H17N5O2/c1-24-16-9-8-14(11-15(16)22-12-18-20-21-22)19-17(23)10-7-13-5-3-2-4-6-13/h2-6,8-9,11-12H,7,10H2,1H3,(H,19,23). The van der Waals surface area contributed by atoms with Crippen LogP contribution in [0.25, 0.3) is 5.69 Å². The fourth-order valence-electron chi connectivity index (χ4n) is 2.34. The van der Waals surface area contributed by atoms with Crippen molar-refractivity contribution in [1.29, 1.82) is 0 Å². The van der Waals surface area contributed by atoms with Gasteiger partial charge in [-0.25, -0.2) is 0 Å². The zero-order chi connectivity index (χ0) is 16.8. The van der Waals surface area contributed by atoms with Gasteiger partial charge in [-0.2, -0.15) is 4.68 Å². The highest BCUT2D eigenvalue weighted by Crippen LogP contribution is 2.25. The number of aromatic nitrogens is 4. The van der Waals surface area contributed by atoms with Crippen molar-refractivity contribution in [2.45, 2.75) is 12.8 Å². The van der Waals surface area contributed by atoms with Gasteiger partial charge >= 0.3 is 0 Å². The van der Waals surface area contributed by atoms with E-state index in [-0.39, 0.29) is 5.91 Å². The summed E-state index contributed by atoms with van der Waals surface area (Å²) in [7, 11) is 1.57. The molecule has 0 atom stereocenters. The van der Waals surface area contributed by atoms with Gasteiger partial charge in [-0.05, 0) is 40.6 Å². The number of benzene rings is 2. The van der Waals surface area contributed by atoms with Crippen LogP contribution in [0.2, 0.25) is 0 Å². The van der Waals surface area contributed by atoms with Crippen LogP contribution in [0.15, 0.2) is 54.9 Å². The molecule has 0 aliphatic heterocycles. The van der Waals surface area contributed by atoms with Gasteiger partial charge in [0.1, 0.15) is 17.8 Å². The molecule has 0 aliphatic rings. The predicted molar refractivity (Wildman–Crippen MR) is 89.1 cm³/mol. The molecule has 1 N–H and O–H groups in total. The van der Waals surface area contributed by atoms with Crippen LogP contribution >= 0.6 is 0 Å². The van der Waals surface area contributed by atoms with Gasteiger partial charge in [0.2, 0.25) is 5.91 Å². The number of hydrogen-bond donors (Lipinski definition) is 1. The smallest absolute Gasteiger partial charge is 0.224 e. The molecule has 0 saturated carbocycles. The molecular formula is C17H17N5O2. The van der Waals surface area contributed by atoms with E-state index in [1.54, 1.807) is 25.3 Å². The molecule has 0 fully saturated rings. The maximum absolute atomic E-state index is 12.1. The van der Waals surface area contributed by atoms with Gasteiger partial charge in [0.05, 0.1) is 7.11 Å². The monoisotopic (exact) mass is 323 g/mol. The van der Waals surface area contributed by atoms with Crippen LogP contribution in [0, 0.1) is 0 Å². The van der Waals surface area contributed by atoms with Crippen molar-refractivity contribution in [2.75, 3.05) is 12.4 Å². The molecule has 24 heavy (non-hydrogen) atoms. The summed E-state index contributed by atoms with van der Waals surface area (Å²) in [6, 6.07) is 15.2. The quantitative estimate of drug-likeness (QED) is 0.752. The normalized spacial score (nSPS) is 10.4. The average molecular weight is 323 g/mol. The first kappa shape index (κ1) is 15.7. The molecule has 7 heteroatoms. The number of tetrazole rings is 1. The second kappa shape index (κ2) is 7.36. The van der Waals surface area contributed by atoms with Gasteiger partial charge in [-0.15, -0.1) is 5.10 Å². The number of methoxy groups -OCH3 is 1. The van der Waals surface area contributed by atoms with Gasteiger partial charge in [0.25, 0.3) is 0 Å². The van der Waals surface area contributed by atoms with Crippen LogP contribution in [0.1, 0.15) is 12.0 Å². The minimum atomic E-state index is -0.0494. The Morgan fingerprint density at radius 3 is 2.75 bits per heavy atom. The maximum Gasteiger partial charge on any atom is 0.224 e. The van der Waals surface area contributed by atoms with E-state index in [0.717, 1.165) is 5.56 Å². The van der Waals surface area contributed by atoms with Gasteiger partial charge in [0, 0.05) is 12.1 Å². The van der Waals surface area contributed by atoms with Crippen LogP contribution < -0.4 is 10.1 Å². The summed E-state index contributed by atoms with van der Waals surface area (Å²) < 4.78 is 6.79. The Labute approximate surface area is 139 Å². The SMILES string of the molecule is COc1ccc(NC(=O)CCc2ccccc2)cc1-n1cnnn1. The van der Waals surface area contributed by atoms with Gasteiger partial charge in [-0.1, -0.05) is 30.3 Å². The Morgan fingerprint density at radius 2 is 2.04 bits per heavy atom. The van der Waals surface area contributed by atoms with Crippen molar-refractivity contribution >= 4 is 11.6 Å². The first-order valence-corrected chi connectivity index (χ1v) is 7.51. The van der Waals surface area contributed by atoms with Crippen LogP contribution in [-0.2, 0) is 11.2 Å². The molecule has 2 aromatic carbocycles. The molecule has 7 nitrogen and oxygen atoms in total. The van der Waals surface area contributed by atoms with E-state index in [0.29, 0.717) is 30.0 Å². The summed E-state index contributed by atoms with van der Waals surface area (Å²) in [5, 5.41) is 14.0. The molecule has 1 aromatic heterocycles. The molecule has 0 saturated heterocycles. The third-order valence-corrected chi connectivity index (χ3v) is 3.54. The lowest BCUT2D eigenvalue weighted by atomic mass is 10.1. The van der Waals surface area contributed by atoms with E-state index in [1.807, 2.05) is 30.3 Å². The Kier molecular flexibility index (Phi) is 4.81. The predicted octanol–water partition coefficient (Wildman–Crippen LogP) is 2.24. The first-order chi connectivity index (χ1) is 11.8. The lowest BCUT2D eigenvalue weighted by Crippen LogP contribution is -2.13. The third-order valence-electron chi connectivity index (χ3n) is 3.54. The number of nitrogens with zero attached hydrogens (tertiary/aromatic N) is 4. The van der Waals surface area contributed by atoms with E-state index in [1.165, 1.54) is 11.0 Å². The average Bonchev–Trinajstić information content (AvgIpc) is 3.15. The summed E-state index contributed by atoms with van der Waals surface area (Å²) >= 11 is 0. The lowest BCUT2D eigenvalue weighted by molar-refractivity contribution is -0.116. The number of amides is 1. The topological polar surface area (TPSA) is 81.9 Å². The van der Waals surface area contributed by atoms with Crippen LogP contribution in [0.3, 0.4) is 0 Å². The maximum atomic E-state index is 12.1. The Balaban J connectivity index is 1.68.